The van der Waals surface area contributed by atoms with E-state index in [1.165, 1.54) is 0 Å². The van der Waals surface area contributed by atoms with Crippen LogP contribution >= 0.6 is 0 Å². The van der Waals surface area contributed by atoms with Gasteiger partial charge in [0.2, 0.25) is 0 Å². The molecule has 0 radical (unpaired) electrons. The zero-order valence-corrected chi connectivity index (χ0v) is 18.4. The number of unbranched alkanes of at least 4 members (excludes halogenated alkanes) is 1. The number of para-hydroxylation sites is 1. The Morgan fingerprint density at radius 1 is 1.12 bits per heavy atom. The summed E-state index contributed by atoms with van der Waals surface area (Å²) in [5.41, 5.74) is 4.84. The molecule has 0 unspecified atom stereocenters. The molecule has 2 aromatic carbocycles. The first-order chi connectivity index (χ1) is 15.6. The molecule has 1 aliphatic heterocycles. The number of hydrogen-bond acceptors (Lipinski definition) is 4. The fraction of sp³-hybridized carbons (Fsp3) is 0.269. The summed E-state index contributed by atoms with van der Waals surface area (Å²) >= 11 is 0. The van der Waals surface area contributed by atoms with Crippen LogP contribution in [0.3, 0.4) is 0 Å². The third kappa shape index (κ3) is 4.49. The number of benzene rings is 2. The molecule has 6 nitrogen and oxygen atoms in total. The van der Waals surface area contributed by atoms with Gasteiger partial charge in [-0.05, 0) is 43.2 Å². The molecule has 0 atom stereocenters. The van der Waals surface area contributed by atoms with Crippen molar-refractivity contribution in [3.8, 4) is 0 Å². The average Bonchev–Trinajstić information content (AvgIpc) is 3.33. The maximum absolute atomic E-state index is 12.6. The lowest BCUT2D eigenvalue weighted by Gasteiger charge is -2.12. The molecule has 1 aromatic heterocycles. The number of amides is 1. The smallest absolute Gasteiger partial charge is 0.338 e. The topological polar surface area (TPSA) is 73.2 Å². The lowest BCUT2D eigenvalue weighted by atomic mass is 10.1. The largest absolute Gasteiger partial charge is 0.462 e. The van der Waals surface area contributed by atoms with Crippen LogP contribution in [0.25, 0.3) is 11.6 Å². The zero-order valence-electron chi connectivity index (χ0n) is 18.4. The molecule has 0 saturated carbocycles. The van der Waals surface area contributed by atoms with E-state index in [9.17, 15) is 9.59 Å². The van der Waals surface area contributed by atoms with Crippen molar-refractivity contribution in [1.82, 2.24) is 9.55 Å². The van der Waals surface area contributed by atoms with Crippen LogP contribution in [0.5, 0.6) is 0 Å². The fourth-order valence-electron chi connectivity index (χ4n) is 3.83. The van der Waals surface area contributed by atoms with Gasteiger partial charge >= 0.3 is 5.97 Å². The summed E-state index contributed by atoms with van der Waals surface area (Å²) in [6, 6.07) is 15.1. The summed E-state index contributed by atoms with van der Waals surface area (Å²) in [5.74, 6) is 0.564. The maximum atomic E-state index is 12.6. The van der Waals surface area contributed by atoms with Crippen molar-refractivity contribution < 1.29 is 14.3 Å². The predicted octanol–water partition coefficient (Wildman–Crippen LogP) is 4.94. The van der Waals surface area contributed by atoms with Gasteiger partial charge in [-0.2, -0.15) is 0 Å². The highest BCUT2D eigenvalue weighted by molar-refractivity contribution is 6.34. The predicted molar refractivity (Wildman–Crippen MR) is 125 cm³/mol. The Morgan fingerprint density at radius 3 is 2.66 bits per heavy atom. The van der Waals surface area contributed by atoms with Gasteiger partial charge in [-0.1, -0.05) is 43.7 Å². The summed E-state index contributed by atoms with van der Waals surface area (Å²) in [6.07, 6.45) is 6.73. The van der Waals surface area contributed by atoms with E-state index < -0.39 is 0 Å². The van der Waals surface area contributed by atoms with E-state index in [1.54, 1.807) is 19.1 Å². The van der Waals surface area contributed by atoms with Crippen LogP contribution in [0.1, 0.15) is 59.7 Å². The number of rotatable bonds is 8. The zero-order chi connectivity index (χ0) is 22.5. The van der Waals surface area contributed by atoms with Gasteiger partial charge in [-0.3, -0.25) is 4.79 Å². The second-order valence-electron chi connectivity index (χ2n) is 7.76. The summed E-state index contributed by atoms with van der Waals surface area (Å²) in [4.78, 5) is 29.2. The lowest BCUT2D eigenvalue weighted by Crippen LogP contribution is -2.09. The molecule has 4 rings (SSSR count). The van der Waals surface area contributed by atoms with E-state index in [0.717, 1.165) is 47.6 Å². The number of carbonyl (C=O) groups excluding carboxylic acids is 2. The number of nitrogens with one attached hydrogen (secondary N) is 1. The molecule has 32 heavy (non-hydrogen) atoms. The Bertz CT molecular complexity index is 1160. The molecule has 2 heterocycles. The molecule has 0 spiro atoms. The summed E-state index contributed by atoms with van der Waals surface area (Å²) in [6.45, 7) is 4.90. The lowest BCUT2D eigenvalue weighted by molar-refractivity contribution is -0.110. The molecule has 1 N–H and O–H groups in total. The van der Waals surface area contributed by atoms with E-state index >= 15 is 0 Å². The molecule has 0 aliphatic carbocycles. The van der Waals surface area contributed by atoms with Crippen LogP contribution in [0.4, 0.5) is 5.69 Å². The van der Waals surface area contributed by atoms with Gasteiger partial charge < -0.3 is 14.6 Å². The SMILES string of the molecule is CCCCc1ncc(/C=C2\C(=O)Nc3ccccc32)n1Cc1ccc(C(=O)OCC)cc1. The number of hydrogen-bond donors (Lipinski definition) is 1. The minimum Gasteiger partial charge on any atom is -0.462 e. The van der Waals surface area contributed by atoms with Crippen LogP contribution in [-0.4, -0.2) is 28.0 Å². The number of esters is 1. The third-order valence-corrected chi connectivity index (χ3v) is 5.53. The highest BCUT2D eigenvalue weighted by Crippen LogP contribution is 2.33. The Morgan fingerprint density at radius 2 is 1.91 bits per heavy atom. The molecular weight excluding hydrogens is 402 g/mol. The van der Waals surface area contributed by atoms with Gasteiger partial charge in [0, 0.05) is 24.2 Å². The van der Waals surface area contributed by atoms with Crippen LogP contribution in [-0.2, 0) is 22.5 Å². The molecule has 0 saturated heterocycles. The molecule has 164 valence electrons. The van der Waals surface area contributed by atoms with Gasteiger partial charge in [-0.15, -0.1) is 0 Å². The van der Waals surface area contributed by atoms with Crippen molar-refractivity contribution in [2.24, 2.45) is 0 Å². The Labute approximate surface area is 187 Å². The number of aryl methyl sites for hydroxylation is 1. The molecule has 6 heteroatoms. The molecular formula is C26H27N3O3. The first-order valence-electron chi connectivity index (χ1n) is 11.0. The van der Waals surface area contributed by atoms with E-state index in [0.29, 0.717) is 24.3 Å². The van der Waals surface area contributed by atoms with Crippen LogP contribution in [0, 0.1) is 0 Å². The number of carbonyl (C=O) groups is 2. The molecule has 0 fully saturated rings. The number of ether oxygens (including phenoxy) is 1. The van der Waals surface area contributed by atoms with E-state index in [-0.39, 0.29) is 11.9 Å². The summed E-state index contributed by atoms with van der Waals surface area (Å²) in [5, 5.41) is 2.92. The van der Waals surface area contributed by atoms with Crippen LogP contribution in [0.2, 0.25) is 0 Å². The second kappa shape index (κ2) is 9.64. The number of aromatic nitrogens is 2. The standard InChI is InChI=1S/C26H27N3O3/c1-3-5-10-24-27-16-20(15-22-21-8-6-7-9-23(21)28-25(22)30)29(24)17-18-11-13-19(14-12-18)26(31)32-4-2/h6-9,11-16H,3-5,10,17H2,1-2H3,(H,28,30)/b22-15-. The quantitative estimate of drug-likeness (QED) is 0.406. The minimum absolute atomic E-state index is 0.104. The Kier molecular flexibility index (Phi) is 6.50. The monoisotopic (exact) mass is 429 g/mol. The van der Waals surface area contributed by atoms with E-state index in [2.05, 4.69) is 21.8 Å². The van der Waals surface area contributed by atoms with Crippen molar-refractivity contribution in [3.63, 3.8) is 0 Å². The van der Waals surface area contributed by atoms with Crippen molar-refractivity contribution in [2.45, 2.75) is 39.7 Å². The number of fused-ring (bicyclic) bond motifs is 1. The van der Waals surface area contributed by atoms with Gasteiger partial charge in [0.05, 0.1) is 29.6 Å². The molecule has 0 bridgehead atoms. The molecule has 1 aliphatic rings. The Balaban J connectivity index is 1.66. The van der Waals surface area contributed by atoms with E-state index in [4.69, 9.17) is 4.74 Å². The summed E-state index contributed by atoms with van der Waals surface area (Å²) in [7, 11) is 0. The normalized spacial score (nSPS) is 13.8. The highest BCUT2D eigenvalue weighted by Gasteiger charge is 2.24. The minimum atomic E-state index is -0.318. The number of anilines is 1. The van der Waals surface area contributed by atoms with Crippen molar-refractivity contribution in [3.05, 3.63) is 82.9 Å². The molecule has 1 amide bonds. The van der Waals surface area contributed by atoms with Crippen molar-refractivity contribution in [1.29, 1.82) is 0 Å². The number of nitrogens with zero attached hydrogens (tertiary/aromatic N) is 2. The fourth-order valence-corrected chi connectivity index (χ4v) is 3.83. The first-order valence-corrected chi connectivity index (χ1v) is 11.0. The van der Waals surface area contributed by atoms with Gasteiger partial charge in [0.25, 0.3) is 5.91 Å². The highest BCUT2D eigenvalue weighted by atomic mass is 16.5. The Hall–Kier alpha value is -3.67. The average molecular weight is 430 g/mol. The van der Waals surface area contributed by atoms with Crippen LogP contribution < -0.4 is 5.32 Å². The second-order valence-corrected chi connectivity index (χ2v) is 7.76. The van der Waals surface area contributed by atoms with Crippen LogP contribution in [0.15, 0.2) is 54.7 Å². The van der Waals surface area contributed by atoms with Gasteiger partial charge in [0.1, 0.15) is 5.82 Å². The van der Waals surface area contributed by atoms with Gasteiger partial charge in [-0.25, -0.2) is 9.78 Å². The molecule has 3 aromatic rings. The first kappa shape index (κ1) is 21.6. The maximum Gasteiger partial charge on any atom is 0.338 e. The van der Waals surface area contributed by atoms with E-state index in [1.807, 2.05) is 48.7 Å². The summed E-state index contributed by atoms with van der Waals surface area (Å²) < 4.78 is 7.22. The third-order valence-electron chi connectivity index (χ3n) is 5.53. The van der Waals surface area contributed by atoms with Crippen molar-refractivity contribution >= 4 is 29.2 Å². The number of imidazole rings is 1. The van der Waals surface area contributed by atoms with Crippen molar-refractivity contribution in [2.75, 3.05) is 11.9 Å². The van der Waals surface area contributed by atoms with Gasteiger partial charge in [0.15, 0.2) is 0 Å².